The molecule has 0 aliphatic carbocycles. The summed E-state index contributed by atoms with van der Waals surface area (Å²) >= 11 is 0. The quantitative estimate of drug-likeness (QED) is 0.894. The molecule has 1 fully saturated rings. The van der Waals surface area contributed by atoms with E-state index in [-0.39, 0.29) is 11.8 Å². The van der Waals surface area contributed by atoms with Gasteiger partial charge in [0.2, 0.25) is 0 Å². The predicted molar refractivity (Wildman–Crippen MR) is 70.2 cm³/mol. The largest absolute Gasteiger partial charge is 0.435 e. The number of hydrogen-bond donors (Lipinski definition) is 1. The molecule has 2 unspecified atom stereocenters. The lowest BCUT2D eigenvalue weighted by Gasteiger charge is -2.25. The molecule has 0 amide bonds. The van der Waals surface area contributed by atoms with Gasteiger partial charge in [-0.15, -0.1) is 0 Å². The van der Waals surface area contributed by atoms with Gasteiger partial charge in [0.15, 0.2) is 0 Å². The zero-order valence-corrected chi connectivity index (χ0v) is 11.1. The second-order valence-electron chi connectivity index (χ2n) is 5.01. The summed E-state index contributed by atoms with van der Waals surface area (Å²) in [6.45, 7) is 1.98. The SMILES string of the molecule is CC(c1cccc(OC(F)F)c1)N1CCC(CN)C1. The van der Waals surface area contributed by atoms with Crippen molar-refractivity contribution in [3.63, 3.8) is 0 Å². The lowest BCUT2D eigenvalue weighted by atomic mass is 10.1. The molecule has 1 aromatic rings. The van der Waals surface area contributed by atoms with Crippen molar-refractivity contribution < 1.29 is 13.5 Å². The summed E-state index contributed by atoms with van der Waals surface area (Å²) in [4.78, 5) is 2.33. The first-order valence-corrected chi connectivity index (χ1v) is 6.59. The fourth-order valence-electron chi connectivity index (χ4n) is 2.57. The monoisotopic (exact) mass is 270 g/mol. The summed E-state index contributed by atoms with van der Waals surface area (Å²) < 4.78 is 28.8. The second kappa shape index (κ2) is 6.30. The molecule has 1 aliphatic heterocycles. The van der Waals surface area contributed by atoms with Crippen LogP contribution in [0, 0.1) is 5.92 Å². The molecule has 2 atom stereocenters. The minimum absolute atomic E-state index is 0.192. The number of ether oxygens (including phenoxy) is 1. The first-order valence-electron chi connectivity index (χ1n) is 6.59. The molecule has 0 aromatic heterocycles. The Bertz CT molecular complexity index is 414. The smallest absolute Gasteiger partial charge is 0.387 e. The third kappa shape index (κ3) is 3.64. The highest BCUT2D eigenvalue weighted by Gasteiger charge is 2.26. The van der Waals surface area contributed by atoms with Gasteiger partial charge in [-0.25, -0.2) is 0 Å². The van der Waals surface area contributed by atoms with Crippen LogP contribution >= 0.6 is 0 Å². The van der Waals surface area contributed by atoms with Crippen LogP contribution in [0.15, 0.2) is 24.3 Å². The van der Waals surface area contributed by atoms with E-state index in [0.717, 1.165) is 25.1 Å². The lowest BCUT2D eigenvalue weighted by Crippen LogP contribution is -2.26. The van der Waals surface area contributed by atoms with Crippen LogP contribution in [0.5, 0.6) is 5.75 Å². The predicted octanol–water partition coefficient (Wildman–Crippen LogP) is 2.63. The van der Waals surface area contributed by atoms with Gasteiger partial charge in [-0.1, -0.05) is 12.1 Å². The molecule has 1 saturated heterocycles. The number of nitrogens with two attached hydrogens (primary N) is 1. The maximum atomic E-state index is 12.2. The number of rotatable bonds is 5. The third-order valence-corrected chi connectivity index (χ3v) is 3.76. The van der Waals surface area contributed by atoms with Crippen LogP contribution in [0.25, 0.3) is 0 Å². The summed E-state index contributed by atoms with van der Waals surface area (Å²) in [5.41, 5.74) is 6.68. The second-order valence-corrected chi connectivity index (χ2v) is 5.01. The minimum Gasteiger partial charge on any atom is -0.435 e. The highest BCUT2D eigenvalue weighted by molar-refractivity contribution is 5.30. The zero-order chi connectivity index (χ0) is 13.8. The van der Waals surface area contributed by atoms with E-state index in [0.29, 0.717) is 12.5 Å². The number of hydrogen-bond acceptors (Lipinski definition) is 3. The van der Waals surface area contributed by atoms with Crippen LogP contribution in [-0.4, -0.2) is 31.1 Å². The van der Waals surface area contributed by atoms with Crippen molar-refractivity contribution >= 4 is 0 Å². The summed E-state index contributed by atoms with van der Waals surface area (Å²) in [7, 11) is 0. The molecule has 1 aromatic carbocycles. The topological polar surface area (TPSA) is 38.5 Å². The first-order chi connectivity index (χ1) is 9.10. The molecule has 2 rings (SSSR count). The fourth-order valence-corrected chi connectivity index (χ4v) is 2.57. The van der Waals surface area contributed by atoms with E-state index in [2.05, 4.69) is 16.6 Å². The lowest BCUT2D eigenvalue weighted by molar-refractivity contribution is -0.0499. The van der Waals surface area contributed by atoms with Crippen molar-refractivity contribution in [3.05, 3.63) is 29.8 Å². The van der Waals surface area contributed by atoms with E-state index >= 15 is 0 Å². The maximum absolute atomic E-state index is 12.2. The van der Waals surface area contributed by atoms with E-state index in [1.165, 1.54) is 0 Å². The van der Waals surface area contributed by atoms with Gasteiger partial charge in [0.1, 0.15) is 5.75 Å². The Morgan fingerprint density at radius 3 is 2.89 bits per heavy atom. The molecule has 19 heavy (non-hydrogen) atoms. The van der Waals surface area contributed by atoms with Crippen molar-refractivity contribution in [1.29, 1.82) is 0 Å². The summed E-state index contributed by atoms with van der Waals surface area (Å²) in [5, 5.41) is 0. The Labute approximate surface area is 112 Å². The Kier molecular flexibility index (Phi) is 4.71. The van der Waals surface area contributed by atoms with Crippen LogP contribution < -0.4 is 10.5 Å². The molecule has 0 radical (unpaired) electrons. The minimum atomic E-state index is -2.78. The molecule has 5 heteroatoms. The number of benzene rings is 1. The van der Waals surface area contributed by atoms with Gasteiger partial charge in [0.05, 0.1) is 0 Å². The van der Waals surface area contributed by atoms with Gasteiger partial charge in [-0.2, -0.15) is 8.78 Å². The Morgan fingerprint density at radius 1 is 1.47 bits per heavy atom. The van der Waals surface area contributed by atoms with Gasteiger partial charge >= 0.3 is 6.61 Å². The van der Waals surface area contributed by atoms with Gasteiger partial charge in [-0.05, 0) is 50.0 Å². The number of nitrogens with zero attached hydrogens (tertiary/aromatic N) is 1. The van der Waals surface area contributed by atoms with Crippen LogP contribution in [0.1, 0.15) is 24.9 Å². The van der Waals surface area contributed by atoms with Crippen LogP contribution in [0.2, 0.25) is 0 Å². The number of halogens is 2. The van der Waals surface area contributed by atoms with Gasteiger partial charge in [0.25, 0.3) is 0 Å². The van der Waals surface area contributed by atoms with Gasteiger partial charge < -0.3 is 10.5 Å². The van der Waals surface area contributed by atoms with Gasteiger partial charge in [-0.3, -0.25) is 4.90 Å². The van der Waals surface area contributed by atoms with Crippen LogP contribution in [0.4, 0.5) is 8.78 Å². The molecular weight excluding hydrogens is 250 g/mol. The molecule has 0 saturated carbocycles. The van der Waals surface area contributed by atoms with Gasteiger partial charge in [0, 0.05) is 12.6 Å². The van der Waals surface area contributed by atoms with E-state index in [9.17, 15) is 8.78 Å². The highest BCUT2D eigenvalue weighted by Crippen LogP contribution is 2.29. The Morgan fingerprint density at radius 2 is 2.26 bits per heavy atom. The highest BCUT2D eigenvalue weighted by atomic mass is 19.3. The normalized spacial score (nSPS) is 21.8. The van der Waals surface area contributed by atoms with Crippen molar-refractivity contribution in [3.8, 4) is 5.75 Å². The molecule has 1 aliphatic rings. The molecule has 1 heterocycles. The Balaban J connectivity index is 2.04. The third-order valence-electron chi connectivity index (χ3n) is 3.76. The van der Waals surface area contributed by atoms with Crippen LogP contribution in [-0.2, 0) is 0 Å². The zero-order valence-electron chi connectivity index (χ0n) is 11.1. The molecular formula is C14H20F2N2O. The van der Waals surface area contributed by atoms with Crippen LogP contribution in [0.3, 0.4) is 0 Å². The average Bonchev–Trinajstić information content (AvgIpc) is 2.86. The standard InChI is InChI=1S/C14H20F2N2O/c1-10(18-6-5-11(8-17)9-18)12-3-2-4-13(7-12)19-14(15)16/h2-4,7,10-11,14H,5-6,8-9,17H2,1H3. The van der Waals surface area contributed by atoms with E-state index < -0.39 is 6.61 Å². The van der Waals surface area contributed by atoms with Crippen molar-refractivity contribution in [2.75, 3.05) is 19.6 Å². The van der Waals surface area contributed by atoms with Crippen molar-refractivity contribution in [1.82, 2.24) is 4.90 Å². The first kappa shape index (κ1) is 14.2. The fraction of sp³-hybridized carbons (Fsp3) is 0.571. The van der Waals surface area contributed by atoms with Crippen molar-refractivity contribution in [2.45, 2.75) is 26.0 Å². The molecule has 0 spiro atoms. The summed E-state index contributed by atoms with van der Waals surface area (Å²) in [5.74, 6) is 0.761. The summed E-state index contributed by atoms with van der Waals surface area (Å²) in [6.07, 6.45) is 1.11. The molecule has 2 N–H and O–H groups in total. The molecule has 106 valence electrons. The number of alkyl halides is 2. The molecule has 3 nitrogen and oxygen atoms in total. The molecule has 0 bridgehead atoms. The maximum Gasteiger partial charge on any atom is 0.387 e. The van der Waals surface area contributed by atoms with E-state index in [1.54, 1.807) is 18.2 Å². The van der Waals surface area contributed by atoms with E-state index in [4.69, 9.17) is 5.73 Å². The van der Waals surface area contributed by atoms with E-state index in [1.807, 2.05) is 6.07 Å². The number of likely N-dealkylation sites (tertiary alicyclic amines) is 1. The van der Waals surface area contributed by atoms with Crippen molar-refractivity contribution in [2.24, 2.45) is 11.7 Å². The average molecular weight is 270 g/mol. The summed E-state index contributed by atoms with van der Waals surface area (Å²) in [6, 6.07) is 7.12. The Hall–Kier alpha value is -1.20.